The van der Waals surface area contributed by atoms with Gasteiger partial charge in [0, 0.05) is 23.4 Å². The smallest absolute Gasteiger partial charge is 0.134 e. The summed E-state index contributed by atoms with van der Waals surface area (Å²) in [4.78, 5) is 14.1. The Kier molecular flexibility index (Phi) is 2.48. The summed E-state index contributed by atoms with van der Waals surface area (Å²) >= 11 is 0. The minimum Gasteiger partial charge on any atom is -0.361 e. The van der Waals surface area contributed by atoms with E-state index in [1.807, 2.05) is 37.3 Å². The third-order valence-electron chi connectivity index (χ3n) is 2.99. The van der Waals surface area contributed by atoms with E-state index in [4.69, 9.17) is 4.52 Å². The van der Waals surface area contributed by atoms with Gasteiger partial charge in [0.05, 0.1) is 5.69 Å². The van der Waals surface area contributed by atoms with E-state index in [-0.39, 0.29) is 0 Å². The van der Waals surface area contributed by atoms with E-state index >= 15 is 0 Å². The molecule has 3 rings (SSSR count). The number of aromatic nitrogens is 2. The Morgan fingerprint density at radius 1 is 1.39 bits per heavy atom. The van der Waals surface area contributed by atoms with E-state index in [1.54, 1.807) is 0 Å². The lowest BCUT2D eigenvalue weighted by Crippen LogP contribution is -1.88. The molecule has 0 saturated heterocycles. The van der Waals surface area contributed by atoms with Crippen LogP contribution in [0, 0.1) is 6.92 Å². The second kappa shape index (κ2) is 4.14. The van der Waals surface area contributed by atoms with Crippen LogP contribution in [-0.2, 0) is 11.2 Å². The molecule has 0 unspecified atom stereocenters. The van der Waals surface area contributed by atoms with E-state index in [2.05, 4.69) is 10.1 Å². The van der Waals surface area contributed by atoms with Gasteiger partial charge in [-0.15, -0.1) is 0 Å². The van der Waals surface area contributed by atoms with Gasteiger partial charge in [-0.05, 0) is 18.6 Å². The number of benzene rings is 1. The molecule has 4 heteroatoms. The number of hydrogen-bond acceptors (Lipinski definition) is 3. The molecule has 0 aliphatic rings. The number of rotatable bonds is 3. The van der Waals surface area contributed by atoms with Crippen LogP contribution >= 0.6 is 0 Å². The zero-order chi connectivity index (χ0) is 12.5. The maximum absolute atomic E-state index is 10.8. The Balaban J connectivity index is 2.27. The second-order valence-electron chi connectivity index (χ2n) is 4.22. The predicted molar refractivity (Wildman–Crippen MR) is 68.3 cm³/mol. The molecule has 0 spiro atoms. The summed E-state index contributed by atoms with van der Waals surface area (Å²) in [5, 5.41) is 5.06. The highest BCUT2D eigenvalue weighted by atomic mass is 16.5. The summed E-state index contributed by atoms with van der Waals surface area (Å²) in [5.41, 5.74) is 3.57. The van der Waals surface area contributed by atoms with E-state index in [9.17, 15) is 4.79 Å². The van der Waals surface area contributed by atoms with Crippen LogP contribution < -0.4 is 0 Å². The fourth-order valence-electron chi connectivity index (χ4n) is 2.20. The maximum Gasteiger partial charge on any atom is 0.134 e. The highest BCUT2D eigenvalue weighted by molar-refractivity contribution is 5.92. The Morgan fingerprint density at radius 2 is 2.22 bits per heavy atom. The number of carbonyl (C=O) groups excluding carboxylic acids is 1. The zero-order valence-electron chi connectivity index (χ0n) is 9.93. The first-order chi connectivity index (χ1) is 8.79. The fourth-order valence-corrected chi connectivity index (χ4v) is 2.20. The van der Waals surface area contributed by atoms with Crippen LogP contribution in [0.4, 0.5) is 0 Å². The lowest BCUT2D eigenvalue weighted by atomic mass is 10.1. The molecule has 18 heavy (non-hydrogen) atoms. The quantitative estimate of drug-likeness (QED) is 0.716. The minimum absolute atomic E-state index is 0.366. The molecule has 0 fully saturated rings. The minimum atomic E-state index is 0.366. The molecule has 0 aliphatic carbocycles. The van der Waals surface area contributed by atoms with Gasteiger partial charge in [0.1, 0.15) is 17.7 Å². The van der Waals surface area contributed by atoms with Gasteiger partial charge in [-0.1, -0.05) is 23.4 Å². The molecule has 1 aromatic carbocycles. The SMILES string of the molecule is Cc1cc(-c2[nH]c3ccccc3c2CC=O)no1. The normalized spacial score (nSPS) is 10.9. The van der Waals surface area contributed by atoms with Gasteiger partial charge in [0.25, 0.3) is 0 Å². The van der Waals surface area contributed by atoms with Crippen LogP contribution in [0.1, 0.15) is 11.3 Å². The van der Waals surface area contributed by atoms with Gasteiger partial charge in [-0.2, -0.15) is 0 Å². The van der Waals surface area contributed by atoms with E-state index in [0.717, 1.165) is 39.9 Å². The Labute approximate surface area is 104 Å². The molecule has 4 nitrogen and oxygen atoms in total. The molecule has 1 N–H and O–H groups in total. The molecule has 90 valence electrons. The summed E-state index contributed by atoms with van der Waals surface area (Å²) in [6.45, 7) is 1.85. The molecule has 0 amide bonds. The van der Waals surface area contributed by atoms with Crippen molar-refractivity contribution in [1.29, 1.82) is 0 Å². The van der Waals surface area contributed by atoms with Crippen molar-refractivity contribution in [2.24, 2.45) is 0 Å². The number of para-hydroxylation sites is 1. The summed E-state index contributed by atoms with van der Waals surface area (Å²) in [7, 11) is 0. The second-order valence-corrected chi connectivity index (χ2v) is 4.22. The molecule has 3 aromatic rings. The molecule has 0 radical (unpaired) electrons. The van der Waals surface area contributed by atoms with Crippen molar-refractivity contribution in [2.75, 3.05) is 0 Å². The van der Waals surface area contributed by atoms with Crippen LogP contribution in [0.15, 0.2) is 34.9 Å². The third-order valence-corrected chi connectivity index (χ3v) is 2.99. The van der Waals surface area contributed by atoms with Gasteiger partial charge in [0.15, 0.2) is 0 Å². The number of fused-ring (bicyclic) bond motifs is 1. The lowest BCUT2D eigenvalue weighted by Gasteiger charge is -1.96. The third kappa shape index (κ3) is 1.62. The van der Waals surface area contributed by atoms with Crippen molar-refractivity contribution in [2.45, 2.75) is 13.3 Å². The van der Waals surface area contributed by atoms with Gasteiger partial charge in [-0.25, -0.2) is 0 Å². The number of H-pyrrole nitrogens is 1. The van der Waals surface area contributed by atoms with Crippen molar-refractivity contribution in [3.8, 4) is 11.4 Å². The topological polar surface area (TPSA) is 58.9 Å². The van der Waals surface area contributed by atoms with E-state index < -0.39 is 0 Å². The molecule has 2 heterocycles. The molecule has 0 aliphatic heterocycles. The lowest BCUT2D eigenvalue weighted by molar-refractivity contribution is -0.107. The summed E-state index contributed by atoms with van der Waals surface area (Å²) in [5.74, 6) is 0.751. The summed E-state index contributed by atoms with van der Waals surface area (Å²) in [6, 6.07) is 9.77. The summed E-state index contributed by atoms with van der Waals surface area (Å²) in [6.07, 6.45) is 1.28. The standard InChI is InChI=1S/C14H12N2O2/c1-9-8-13(16-18-9)14-11(6-7-17)10-4-2-3-5-12(10)15-14/h2-5,7-8,15H,6H2,1H3. The van der Waals surface area contributed by atoms with Gasteiger partial charge in [-0.3, -0.25) is 0 Å². The van der Waals surface area contributed by atoms with Crippen molar-refractivity contribution < 1.29 is 9.32 Å². The van der Waals surface area contributed by atoms with Crippen LogP contribution in [0.2, 0.25) is 0 Å². The number of aryl methyl sites for hydroxylation is 1. The monoisotopic (exact) mass is 240 g/mol. The van der Waals surface area contributed by atoms with Crippen molar-refractivity contribution in [1.82, 2.24) is 10.1 Å². The van der Waals surface area contributed by atoms with Gasteiger partial charge < -0.3 is 14.3 Å². The van der Waals surface area contributed by atoms with Crippen LogP contribution in [0.5, 0.6) is 0 Å². The molecule has 0 atom stereocenters. The van der Waals surface area contributed by atoms with Crippen LogP contribution in [0.25, 0.3) is 22.3 Å². The first kappa shape index (κ1) is 10.8. The molecular formula is C14H12N2O2. The van der Waals surface area contributed by atoms with E-state index in [1.165, 1.54) is 0 Å². The first-order valence-corrected chi connectivity index (χ1v) is 5.76. The molecular weight excluding hydrogens is 228 g/mol. The van der Waals surface area contributed by atoms with Gasteiger partial charge in [0.2, 0.25) is 0 Å². The van der Waals surface area contributed by atoms with Crippen molar-refractivity contribution in [3.05, 3.63) is 41.7 Å². The average Bonchev–Trinajstić information content (AvgIpc) is 2.95. The Bertz CT molecular complexity index is 709. The Hall–Kier alpha value is -2.36. The number of nitrogens with one attached hydrogen (secondary N) is 1. The highest BCUT2D eigenvalue weighted by Crippen LogP contribution is 2.29. The maximum atomic E-state index is 10.8. The van der Waals surface area contributed by atoms with Crippen LogP contribution in [-0.4, -0.2) is 16.4 Å². The summed E-state index contributed by atoms with van der Waals surface area (Å²) < 4.78 is 5.09. The average molecular weight is 240 g/mol. The largest absolute Gasteiger partial charge is 0.361 e. The fraction of sp³-hybridized carbons (Fsp3) is 0.143. The van der Waals surface area contributed by atoms with Crippen molar-refractivity contribution >= 4 is 17.2 Å². The number of hydrogen-bond donors (Lipinski definition) is 1. The van der Waals surface area contributed by atoms with Crippen LogP contribution in [0.3, 0.4) is 0 Å². The number of nitrogens with zero attached hydrogens (tertiary/aromatic N) is 1. The number of aldehydes is 1. The molecule has 2 aromatic heterocycles. The van der Waals surface area contributed by atoms with E-state index in [0.29, 0.717) is 6.42 Å². The molecule has 0 saturated carbocycles. The number of carbonyl (C=O) groups is 1. The predicted octanol–water partition coefficient (Wildman–Crippen LogP) is 2.87. The zero-order valence-corrected chi connectivity index (χ0v) is 9.93. The first-order valence-electron chi connectivity index (χ1n) is 5.76. The van der Waals surface area contributed by atoms with Crippen molar-refractivity contribution in [3.63, 3.8) is 0 Å². The van der Waals surface area contributed by atoms with Gasteiger partial charge >= 0.3 is 0 Å². The molecule has 0 bridgehead atoms. The number of aromatic amines is 1. The highest BCUT2D eigenvalue weighted by Gasteiger charge is 2.15. The Morgan fingerprint density at radius 3 is 2.94 bits per heavy atom.